The highest BCUT2D eigenvalue weighted by Crippen LogP contribution is 2.31. The average molecular weight is 450 g/mol. The molecule has 0 unspecified atom stereocenters. The SMILES string of the molecule is Fc1cccc(C2OCCO2)c1Br.O=Cc1cccc(F)c1Br. The van der Waals surface area contributed by atoms with Crippen molar-refractivity contribution in [2.45, 2.75) is 6.29 Å². The van der Waals surface area contributed by atoms with E-state index in [4.69, 9.17) is 9.47 Å². The van der Waals surface area contributed by atoms with Crippen LogP contribution in [-0.4, -0.2) is 19.5 Å². The Morgan fingerprint density at radius 3 is 2.09 bits per heavy atom. The summed E-state index contributed by atoms with van der Waals surface area (Å²) >= 11 is 6.09. The van der Waals surface area contributed by atoms with Crippen molar-refractivity contribution in [3.63, 3.8) is 0 Å². The van der Waals surface area contributed by atoms with Gasteiger partial charge in [0.1, 0.15) is 11.6 Å². The maximum atomic E-state index is 13.1. The molecule has 3 rings (SSSR count). The molecule has 0 aliphatic carbocycles. The molecule has 23 heavy (non-hydrogen) atoms. The van der Waals surface area contributed by atoms with E-state index >= 15 is 0 Å². The van der Waals surface area contributed by atoms with E-state index in [0.29, 0.717) is 35.1 Å². The second-order valence-corrected chi connectivity index (χ2v) is 6.06. The highest BCUT2D eigenvalue weighted by Gasteiger charge is 2.21. The predicted octanol–water partition coefficient (Wildman–Crippen LogP) is 5.03. The van der Waals surface area contributed by atoms with E-state index < -0.39 is 12.1 Å². The molecule has 1 aliphatic heterocycles. The summed E-state index contributed by atoms with van der Waals surface area (Å²) in [6, 6.07) is 9.13. The minimum atomic E-state index is -0.426. The van der Waals surface area contributed by atoms with Crippen molar-refractivity contribution in [3.05, 3.63) is 68.1 Å². The number of hydrogen-bond donors (Lipinski definition) is 0. The number of hydrogen-bond acceptors (Lipinski definition) is 3. The molecular weight excluding hydrogens is 438 g/mol. The Kier molecular flexibility index (Phi) is 6.83. The Hall–Kier alpha value is -1.15. The third-order valence-electron chi connectivity index (χ3n) is 2.97. The monoisotopic (exact) mass is 448 g/mol. The van der Waals surface area contributed by atoms with Crippen molar-refractivity contribution in [3.8, 4) is 0 Å². The topological polar surface area (TPSA) is 35.5 Å². The first-order valence-corrected chi connectivity index (χ1v) is 8.19. The first-order chi connectivity index (χ1) is 11.0. The van der Waals surface area contributed by atoms with Crippen LogP contribution in [0.1, 0.15) is 22.2 Å². The summed E-state index contributed by atoms with van der Waals surface area (Å²) in [5.41, 5.74) is 1.04. The van der Waals surface area contributed by atoms with E-state index in [1.807, 2.05) is 0 Å². The van der Waals surface area contributed by atoms with Crippen molar-refractivity contribution in [2.24, 2.45) is 0 Å². The number of ether oxygens (including phenoxy) is 2. The highest BCUT2D eigenvalue weighted by molar-refractivity contribution is 9.10. The molecule has 0 aromatic heterocycles. The molecule has 1 heterocycles. The van der Waals surface area contributed by atoms with Crippen molar-refractivity contribution in [1.29, 1.82) is 0 Å². The molecule has 2 aromatic rings. The zero-order valence-electron chi connectivity index (χ0n) is 11.8. The van der Waals surface area contributed by atoms with Gasteiger partial charge in [-0.15, -0.1) is 0 Å². The van der Waals surface area contributed by atoms with E-state index in [1.165, 1.54) is 18.2 Å². The second-order valence-electron chi connectivity index (χ2n) is 4.48. The van der Waals surface area contributed by atoms with Crippen LogP contribution >= 0.6 is 31.9 Å². The third kappa shape index (κ3) is 4.67. The van der Waals surface area contributed by atoms with Crippen molar-refractivity contribution in [1.82, 2.24) is 0 Å². The van der Waals surface area contributed by atoms with E-state index in [-0.39, 0.29) is 10.3 Å². The van der Waals surface area contributed by atoms with Crippen LogP contribution in [-0.2, 0) is 9.47 Å². The fourth-order valence-corrected chi connectivity index (χ4v) is 2.66. The van der Waals surface area contributed by atoms with Gasteiger partial charge in [0.2, 0.25) is 0 Å². The van der Waals surface area contributed by atoms with Gasteiger partial charge >= 0.3 is 0 Å². The number of carbonyl (C=O) groups excluding carboxylic acids is 1. The van der Waals surface area contributed by atoms with Crippen molar-refractivity contribution >= 4 is 38.1 Å². The lowest BCUT2D eigenvalue weighted by Gasteiger charge is -2.11. The smallest absolute Gasteiger partial charge is 0.185 e. The Morgan fingerprint density at radius 1 is 0.957 bits per heavy atom. The van der Waals surface area contributed by atoms with E-state index in [2.05, 4.69) is 31.9 Å². The fourth-order valence-electron chi connectivity index (χ4n) is 1.85. The standard InChI is InChI=1S/C9H8BrFO2.C7H4BrFO/c10-8-6(2-1-3-7(8)11)9-12-4-5-13-9;8-7-5(4-10)2-1-3-6(7)9/h1-3,9H,4-5H2;1-4H. The minimum absolute atomic E-state index is 0.227. The largest absolute Gasteiger partial charge is 0.346 e. The summed E-state index contributed by atoms with van der Waals surface area (Å²) in [5, 5.41) is 0. The van der Waals surface area contributed by atoms with E-state index in [0.717, 1.165) is 0 Å². The molecule has 0 atom stereocenters. The Bertz CT molecular complexity index is 689. The summed E-state index contributed by atoms with van der Waals surface area (Å²) < 4.78 is 36.8. The number of aldehydes is 1. The van der Waals surface area contributed by atoms with Gasteiger partial charge in [-0.05, 0) is 44.0 Å². The van der Waals surface area contributed by atoms with Gasteiger partial charge in [-0.1, -0.05) is 24.3 Å². The summed E-state index contributed by atoms with van der Waals surface area (Å²) in [4.78, 5) is 10.2. The van der Waals surface area contributed by atoms with Gasteiger partial charge in [-0.25, -0.2) is 8.78 Å². The zero-order valence-corrected chi connectivity index (χ0v) is 14.9. The molecule has 122 valence electrons. The molecule has 7 heteroatoms. The highest BCUT2D eigenvalue weighted by atomic mass is 79.9. The van der Waals surface area contributed by atoms with Gasteiger partial charge in [-0.3, -0.25) is 4.79 Å². The van der Waals surface area contributed by atoms with E-state index in [9.17, 15) is 13.6 Å². The lowest BCUT2D eigenvalue weighted by molar-refractivity contribution is -0.0448. The van der Waals surface area contributed by atoms with Crippen LogP contribution in [0.25, 0.3) is 0 Å². The van der Waals surface area contributed by atoms with Gasteiger partial charge in [0.15, 0.2) is 12.6 Å². The molecule has 0 radical (unpaired) electrons. The van der Waals surface area contributed by atoms with Gasteiger partial charge in [-0.2, -0.15) is 0 Å². The van der Waals surface area contributed by atoms with Crippen LogP contribution in [0.3, 0.4) is 0 Å². The lowest BCUT2D eigenvalue weighted by Crippen LogP contribution is -2.00. The van der Waals surface area contributed by atoms with Crippen molar-refractivity contribution < 1.29 is 23.0 Å². The molecule has 0 amide bonds. The maximum Gasteiger partial charge on any atom is 0.185 e. The normalized spacial score (nSPS) is 14.3. The fraction of sp³-hybridized carbons (Fsp3) is 0.188. The first kappa shape index (κ1) is 18.2. The summed E-state index contributed by atoms with van der Waals surface area (Å²) in [5.74, 6) is -0.707. The summed E-state index contributed by atoms with van der Waals surface area (Å²) in [7, 11) is 0. The van der Waals surface area contributed by atoms with Crippen LogP contribution < -0.4 is 0 Å². The van der Waals surface area contributed by atoms with Gasteiger partial charge in [0, 0.05) is 11.1 Å². The van der Waals surface area contributed by atoms with Crippen LogP contribution in [0.15, 0.2) is 45.3 Å². The van der Waals surface area contributed by atoms with Crippen LogP contribution in [0, 0.1) is 11.6 Å². The molecule has 2 aromatic carbocycles. The van der Waals surface area contributed by atoms with E-state index in [1.54, 1.807) is 18.2 Å². The zero-order chi connectivity index (χ0) is 16.8. The molecule has 1 aliphatic rings. The van der Waals surface area contributed by atoms with Crippen LogP contribution in [0.4, 0.5) is 8.78 Å². The number of rotatable bonds is 2. The quantitative estimate of drug-likeness (QED) is 0.603. The molecule has 3 nitrogen and oxygen atoms in total. The van der Waals surface area contributed by atoms with Crippen LogP contribution in [0.5, 0.6) is 0 Å². The molecule has 0 bridgehead atoms. The number of benzene rings is 2. The van der Waals surface area contributed by atoms with Gasteiger partial charge < -0.3 is 9.47 Å². The Labute approximate surface area is 148 Å². The van der Waals surface area contributed by atoms with Crippen molar-refractivity contribution in [2.75, 3.05) is 13.2 Å². The average Bonchev–Trinajstić information content (AvgIpc) is 3.07. The molecule has 1 fully saturated rings. The van der Waals surface area contributed by atoms with Gasteiger partial charge in [0.25, 0.3) is 0 Å². The minimum Gasteiger partial charge on any atom is -0.346 e. The molecule has 0 saturated carbocycles. The Morgan fingerprint density at radius 2 is 1.52 bits per heavy atom. The lowest BCUT2D eigenvalue weighted by atomic mass is 10.2. The van der Waals surface area contributed by atoms with Crippen LogP contribution in [0.2, 0.25) is 0 Å². The Balaban J connectivity index is 0.000000174. The maximum absolute atomic E-state index is 13.1. The molecule has 0 N–H and O–H groups in total. The number of halogens is 4. The molecule has 0 spiro atoms. The van der Waals surface area contributed by atoms with Gasteiger partial charge in [0.05, 0.1) is 22.2 Å². The first-order valence-electron chi connectivity index (χ1n) is 6.61. The summed E-state index contributed by atoms with van der Waals surface area (Å²) in [6.45, 7) is 1.13. The number of carbonyl (C=O) groups is 1. The molecule has 1 saturated heterocycles. The predicted molar refractivity (Wildman–Crippen MR) is 88.2 cm³/mol. The third-order valence-corrected chi connectivity index (χ3v) is 4.64. The summed E-state index contributed by atoms with van der Waals surface area (Å²) in [6.07, 6.45) is 0.178. The molecular formula is C16H12Br2F2O3. The second kappa shape index (κ2) is 8.63.